The van der Waals surface area contributed by atoms with Crippen LogP contribution in [0, 0.1) is 6.92 Å². The summed E-state index contributed by atoms with van der Waals surface area (Å²) in [6.45, 7) is 3.04. The normalized spacial score (nSPS) is 11.0. The number of aromatic nitrogens is 4. The van der Waals surface area contributed by atoms with Crippen LogP contribution in [-0.4, -0.2) is 38.0 Å². The minimum Gasteiger partial charge on any atom is -0.395 e. The molecule has 5 aromatic rings. The minimum atomic E-state index is -0.00704. The van der Waals surface area contributed by atoms with Crippen molar-refractivity contribution in [3.63, 3.8) is 0 Å². The topological polar surface area (TPSA) is 79.1 Å². The summed E-state index contributed by atoms with van der Waals surface area (Å²) in [6, 6.07) is 28.2. The van der Waals surface area contributed by atoms with Gasteiger partial charge in [-0.05, 0) is 36.8 Å². The number of nitrogens with one attached hydrogen (secondary N) is 1. The molecule has 0 saturated carbocycles. The fourth-order valence-corrected chi connectivity index (χ4v) is 3.84. The average molecular weight is 451 g/mol. The summed E-state index contributed by atoms with van der Waals surface area (Å²) in [6.07, 6.45) is 1.79. The van der Waals surface area contributed by atoms with Gasteiger partial charge in [0.25, 0.3) is 0 Å². The molecule has 2 aromatic heterocycles. The highest BCUT2D eigenvalue weighted by Gasteiger charge is 2.18. The summed E-state index contributed by atoms with van der Waals surface area (Å²) >= 11 is 0. The molecule has 7 nitrogen and oxygen atoms in total. The van der Waals surface area contributed by atoms with E-state index in [1.165, 1.54) is 5.56 Å². The number of aliphatic hydroxyl groups is 1. The first kappa shape index (κ1) is 21.6. The predicted molar refractivity (Wildman–Crippen MR) is 136 cm³/mol. The predicted octanol–water partition coefficient (Wildman–Crippen LogP) is 4.87. The first-order valence-electron chi connectivity index (χ1n) is 11.3. The number of nitrogens with zero attached hydrogens (tertiary/aromatic N) is 5. The van der Waals surface area contributed by atoms with Gasteiger partial charge in [-0.25, -0.2) is 4.68 Å². The number of anilines is 3. The zero-order valence-electron chi connectivity index (χ0n) is 19.0. The Morgan fingerprint density at radius 1 is 0.882 bits per heavy atom. The molecule has 0 aliphatic rings. The van der Waals surface area contributed by atoms with Gasteiger partial charge in [-0.15, -0.1) is 0 Å². The number of para-hydroxylation sites is 1. The molecule has 170 valence electrons. The van der Waals surface area contributed by atoms with Gasteiger partial charge in [0.15, 0.2) is 5.65 Å². The Kier molecular flexibility index (Phi) is 6.18. The van der Waals surface area contributed by atoms with Crippen molar-refractivity contribution >= 4 is 28.5 Å². The Balaban J connectivity index is 1.63. The maximum atomic E-state index is 9.78. The van der Waals surface area contributed by atoms with Gasteiger partial charge >= 0.3 is 0 Å². The van der Waals surface area contributed by atoms with Crippen molar-refractivity contribution in [2.24, 2.45) is 0 Å². The highest BCUT2D eigenvalue weighted by Crippen LogP contribution is 2.28. The third-order valence-electron chi connectivity index (χ3n) is 5.60. The van der Waals surface area contributed by atoms with Gasteiger partial charge in [0.2, 0.25) is 5.95 Å². The number of hydrogen-bond donors (Lipinski definition) is 2. The van der Waals surface area contributed by atoms with E-state index in [2.05, 4.69) is 41.6 Å². The van der Waals surface area contributed by atoms with Crippen molar-refractivity contribution in [1.82, 2.24) is 19.7 Å². The second-order valence-corrected chi connectivity index (χ2v) is 8.12. The number of fused-ring (bicyclic) bond motifs is 1. The highest BCUT2D eigenvalue weighted by atomic mass is 16.3. The maximum Gasteiger partial charge on any atom is 0.229 e. The molecule has 0 aliphatic carbocycles. The lowest BCUT2D eigenvalue weighted by atomic mass is 10.2. The molecule has 0 fully saturated rings. The summed E-state index contributed by atoms with van der Waals surface area (Å²) in [5.74, 6) is 1.19. The maximum absolute atomic E-state index is 9.78. The molecule has 0 aliphatic heterocycles. The lowest BCUT2D eigenvalue weighted by Crippen LogP contribution is -2.28. The van der Waals surface area contributed by atoms with E-state index < -0.39 is 0 Å². The van der Waals surface area contributed by atoms with Crippen molar-refractivity contribution < 1.29 is 5.11 Å². The standard InChI is InChI=1S/C27H26N6O/c1-20-12-14-22(15-13-20)29-25-24-18-28-33(23-10-6-3-7-11-23)26(24)31-27(30-25)32(16-17-34)19-21-8-4-2-5-9-21/h2-15,18,34H,16-17,19H2,1H3,(H,29,30,31). The Morgan fingerprint density at radius 2 is 1.59 bits per heavy atom. The van der Waals surface area contributed by atoms with Crippen molar-refractivity contribution in [1.29, 1.82) is 0 Å². The van der Waals surface area contributed by atoms with Crippen LogP contribution in [0.15, 0.2) is 91.1 Å². The van der Waals surface area contributed by atoms with Crippen LogP contribution >= 0.6 is 0 Å². The summed E-state index contributed by atoms with van der Waals surface area (Å²) in [5, 5.41) is 18.7. The molecule has 7 heteroatoms. The third kappa shape index (κ3) is 4.60. The smallest absolute Gasteiger partial charge is 0.229 e. The molecule has 0 spiro atoms. The SMILES string of the molecule is Cc1ccc(Nc2nc(N(CCO)Cc3ccccc3)nc3c2cnn3-c2ccccc2)cc1. The summed E-state index contributed by atoms with van der Waals surface area (Å²) < 4.78 is 1.82. The molecule has 0 radical (unpaired) electrons. The Labute approximate surface area is 198 Å². The van der Waals surface area contributed by atoms with E-state index >= 15 is 0 Å². The molecule has 0 saturated heterocycles. The fraction of sp³-hybridized carbons (Fsp3) is 0.148. The van der Waals surface area contributed by atoms with E-state index in [0.717, 1.165) is 22.3 Å². The summed E-state index contributed by atoms with van der Waals surface area (Å²) in [4.78, 5) is 11.8. The first-order valence-corrected chi connectivity index (χ1v) is 11.3. The molecular formula is C27H26N6O. The Bertz CT molecular complexity index is 1370. The van der Waals surface area contributed by atoms with Gasteiger partial charge in [0, 0.05) is 18.8 Å². The van der Waals surface area contributed by atoms with Gasteiger partial charge < -0.3 is 15.3 Å². The van der Waals surface area contributed by atoms with Crippen LogP contribution in [0.5, 0.6) is 0 Å². The lowest BCUT2D eigenvalue weighted by molar-refractivity contribution is 0.301. The molecule has 0 unspecified atom stereocenters. The van der Waals surface area contributed by atoms with Crippen LogP contribution in [0.1, 0.15) is 11.1 Å². The quantitative estimate of drug-likeness (QED) is 0.351. The number of rotatable bonds is 8. The molecule has 5 rings (SSSR count). The van der Waals surface area contributed by atoms with E-state index in [1.807, 2.05) is 70.2 Å². The Hall–Kier alpha value is -4.23. The van der Waals surface area contributed by atoms with Crippen LogP contribution in [0.4, 0.5) is 17.5 Å². The second-order valence-electron chi connectivity index (χ2n) is 8.12. The van der Waals surface area contributed by atoms with E-state index in [1.54, 1.807) is 6.20 Å². The summed E-state index contributed by atoms with van der Waals surface area (Å²) in [5.41, 5.74) is 4.85. The zero-order valence-corrected chi connectivity index (χ0v) is 19.0. The highest BCUT2D eigenvalue weighted by molar-refractivity contribution is 5.90. The van der Waals surface area contributed by atoms with Crippen molar-refractivity contribution in [3.05, 3.63) is 102 Å². The van der Waals surface area contributed by atoms with E-state index in [-0.39, 0.29) is 6.61 Å². The van der Waals surface area contributed by atoms with Crippen LogP contribution in [0.3, 0.4) is 0 Å². The number of hydrogen-bond acceptors (Lipinski definition) is 6. The van der Waals surface area contributed by atoms with Crippen LogP contribution in [-0.2, 0) is 6.54 Å². The molecule has 0 bridgehead atoms. The second kappa shape index (κ2) is 9.72. The van der Waals surface area contributed by atoms with Crippen molar-refractivity contribution in [2.75, 3.05) is 23.4 Å². The largest absolute Gasteiger partial charge is 0.395 e. The van der Waals surface area contributed by atoms with Crippen molar-refractivity contribution in [3.8, 4) is 5.69 Å². The van der Waals surface area contributed by atoms with E-state index in [0.29, 0.717) is 30.5 Å². The van der Waals surface area contributed by atoms with Gasteiger partial charge in [-0.2, -0.15) is 15.1 Å². The van der Waals surface area contributed by atoms with Crippen LogP contribution in [0.25, 0.3) is 16.7 Å². The molecule has 0 atom stereocenters. The lowest BCUT2D eigenvalue weighted by Gasteiger charge is -2.23. The van der Waals surface area contributed by atoms with Gasteiger partial charge in [0.05, 0.1) is 23.9 Å². The molecular weight excluding hydrogens is 424 g/mol. The third-order valence-corrected chi connectivity index (χ3v) is 5.60. The monoisotopic (exact) mass is 450 g/mol. The first-order chi connectivity index (χ1) is 16.7. The fourth-order valence-electron chi connectivity index (χ4n) is 3.84. The molecule has 34 heavy (non-hydrogen) atoms. The van der Waals surface area contributed by atoms with Gasteiger partial charge in [0.1, 0.15) is 5.82 Å². The van der Waals surface area contributed by atoms with Gasteiger partial charge in [-0.1, -0.05) is 66.2 Å². The summed E-state index contributed by atoms with van der Waals surface area (Å²) in [7, 11) is 0. The molecule has 2 N–H and O–H groups in total. The van der Waals surface area contributed by atoms with Crippen molar-refractivity contribution in [2.45, 2.75) is 13.5 Å². The van der Waals surface area contributed by atoms with Crippen LogP contribution in [0.2, 0.25) is 0 Å². The van der Waals surface area contributed by atoms with E-state index in [9.17, 15) is 5.11 Å². The Morgan fingerprint density at radius 3 is 2.29 bits per heavy atom. The van der Waals surface area contributed by atoms with E-state index in [4.69, 9.17) is 9.97 Å². The number of aryl methyl sites for hydroxylation is 1. The molecule has 0 amide bonds. The van der Waals surface area contributed by atoms with Gasteiger partial charge in [-0.3, -0.25) is 0 Å². The minimum absolute atomic E-state index is 0.00704. The number of aliphatic hydroxyl groups excluding tert-OH is 1. The average Bonchev–Trinajstić information content (AvgIpc) is 3.31. The number of benzene rings is 3. The molecule has 2 heterocycles. The van der Waals surface area contributed by atoms with Crippen LogP contribution < -0.4 is 10.2 Å². The molecule has 3 aromatic carbocycles. The zero-order chi connectivity index (χ0) is 23.3.